The lowest BCUT2D eigenvalue weighted by molar-refractivity contribution is 0.630. The molecule has 2 nitrogen and oxygen atoms in total. The summed E-state index contributed by atoms with van der Waals surface area (Å²) in [4.78, 5) is 4.48. The molecule has 2 N–H and O–H groups in total. The minimum absolute atomic E-state index is 0.337. The van der Waals surface area contributed by atoms with Gasteiger partial charge in [0.25, 0.3) is 0 Å². The zero-order chi connectivity index (χ0) is 14.1. The molecule has 0 unspecified atom stereocenters. The molecule has 3 aromatic rings. The van der Waals surface area contributed by atoms with E-state index in [4.69, 9.17) is 5.73 Å². The molecular weight excluding hydrogens is 339 g/mol. The van der Waals surface area contributed by atoms with Crippen LogP contribution in [0.15, 0.2) is 53.0 Å². The fourth-order valence-corrected chi connectivity index (χ4v) is 3.10. The van der Waals surface area contributed by atoms with Crippen LogP contribution in [-0.2, 0) is 0 Å². The van der Waals surface area contributed by atoms with Gasteiger partial charge in [-0.25, -0.2) is 9.37 Å². The zero-order valence-corrected chi connectivity index (χ0v) is 12.7. The lowest BCUT2D eigenvalue weighted by atomic mass is 10.1. The van der Waals surface area contributed by atoms with Crippen LogP contribution in [0.3, 0.4) is 0 Å². The lowest BCUT2D eigenvalue weighted by Crippen LogP contribution is -1.89. The van der Waals surface area contributed by atoms with Crippen molar-refractivity contribution in [1.29, 1.82) is 0 Å². The summed E-state index contributed by atoms with van der Waals surface area (Å²) in [7, 11) is 0. The minimum Gasteiger partial charge on any atom is -0.389 e. The molecule has 0 radical (unpaired) electrons. The van der Waals surface area contributed by atoms with Gasteiger partial charge in [-0.15, -0.1) is 0 Å². The third-order valence-electron chi connectivity index (χ3n) is 2.86. The van der Waals surface area contributed by atoms with Crippen LogP contribution >= 0.6 is 27.3 Å². The number of hydrogen-bond acceptors (Lipinski definition) is 3. The van der Waals surface area contributed by atoms with Crippen LogP contribution < -0.4 is 5.73 Å². The third-order valence-corrected chi connectivity index (χ3v) is 4.29. The molecule has 0 atom stereocenters. The molecule has 0 amide bonds. The molecule has 0 saturated carbocycles. The van der Waals surface area contributed by atoms with Gasteiger partial charge in [-0.05, 0) is 18.2 Å². The van der Waals surface area contributed by atoms with E-state index in [1.165, 1.54) is 17.4 Å². The van der Waals surface area contributed by atoms with E-state index in [1.54, 1.807) is 12.1 Å². The molecule has 100 valence electrons. The number of nitrogens with zero attached hydrogens (tertiary/aromatic N) is 1. The Morgan fingerprint density at radius 1 is 1.10 bits per heavy atom. The van der Waals surface area contributed by atoms with E-state index in [2.05, 4.69) is 20.9 Å². The smallest absolute Gasteiger partial charge is 0.133 e. The third kappa shape index (κ3) is 2.46. The quantitative estimate of drug-likeness (QED) is 0.710. The molecule has 0 spiro atoms. The molecule has 5 heteroatoms. The summed E-state index contributed by atoms with van der Waals surface area (Å²) < 4.78 is 14.7. The van der Waals surface area contributed by atoms with Crippen LogP contribution in [0.5, 0.6) is 0 Å². The van der Waals surface area contributed by atoms with Gasteiger partial charge >= 0.3 is 0 Å². The second-order valence-corrected chi connectivity index (χ2v) is 6.17. The van der Waals surface area contributed by atoms with Crippen molar-refractivity contribution in [3.05, 3.63) is 58.8 Å². The minimum atomic E-state index is -0.337. The Morgan fingerprint density at radius 2 is 1.85 bits per heavy atom. The van der Waals surface area contributed by atoms with Gasteiger partial charge in [0.05, 0.1) is 0 Å². The molecule has 3 rings (SSSR count). The highest BCUT2D eigenvalue weighted by molar-refractivity contribution is 9.10. The van der Waals surface area contributed by atoms with Crippen molar-refractivity contribution in [3.63, 3.8) is 0 Å². The highest BCUT2D eigenvalue weighted by Gasteiger charge is 2.15. The van der Waals surface area contributed by atoms with E-state index in [-0.39, 0.29) is 5.82 Å². The first-order chi connectivity index (χ1) is 9.65. The van der Waals surface area contributed by atoms with Gasteiger partial charge in [-0.2, -0.15) is 0 Å². The SMILES string of the molecule is Nc1sc(-c2ccccc2)nc1-c1ccc(Br)cc1F. The van der Waals surface area contributed by atoms with E-state index in [1.807, 2.05) is 30.3 Å². The zero-order valence-electron chi connectivity index (χ0n) is 10.3. The van der Waals surface area contributed by atoms with Crippen LogP contribution in [0, 0.1) is 5.82 Å². The predicted octanol–water partition coefficient (Wildman–Crippen LogP) is 4.96. The maximum absolute atomic E-state index is 14.0. The second kappa shape index (κ2) is 5.34. The first-order valence-corrected chi connectivity index (χ1v) is 7.53. The van der Waals surface area contributed by atoms with E-state index in [0.717, 1.165) is 10.6 Å². The maximum Gasteiger partial charge on any atom is 0.133 e. The van der Waals surface area contributed by atoms with Crippen LogP contribution in [0.2, 0.25) is 0 Å². The van der Waals surface area contributed by atoms with Gasteiger partial charge in [-0.3, -0.25) is 0 Å². The Kier molecular flexibility index (Phi) is 3.54. The summed E-state index contributed by atoms with van der Waals surface area (Å²) in [6.45, 7) is 0. The van der Waals surface area contributed by atoms with Gasteiger partial charge in [0.2, 0.25) is 0 Å². The Balaban J connectivity index is 2.10. The Hall–Kier alpha value is -1.72. The van der Waals surface area contributed by atoms with Gasteiger partial charge in [-0.1, -0.05) is 57.6 Å². The molecule has 0 aliphatic carbocycles. The van der Waals surface area contributed by atoms with Gasteiger partial charge in [0, 0.05) is 15.6 Å². The Morgan fingerprint density at radius 3 is 2.55 bits per heavy atom. The molecule has 1 heterocycles. The summed E-state index contributed by atoms with van der Waals surface area (Å²) in [5.41, 5.74) is 7.89. The summed E-state index contributed by atoms with van der Waals surface area (Å²) in [5, 5.41) is 1.31. The molecule has 0 saturated heterocycles. The van der Waals surface area contributed by atoms with Crippen molar-refractivity contribution in [2.75, 3.05) is 5.73 Å². The van der Waals surface area contributed by atoms with Crippen molar-refractivity contribution >= 4 is 32.3 Å². The monoisotopic (exact) mass is 348 g/mol. The highest BCUT2D eigenvalue weighted by atomic mass is 79.9. The van der Waals surface area contributed by atoms with E-state index >= 15 is 0 Å². The van der Waals surface area contributed by atoms with Crippen LogP contribution in [0.25, 0.3) is 21.8 Å². The highest BCUT2D eigenvalue weighted by Crippen LogP contribution is 2.37. The number of hydrogen-bond donors (Lipinski definition) is 1. The van der Waals surface area contributed by atoms with Gasteiger partial charge in [0.1, 0.15) is 21.5 Å². The second-order valence-electron chi connectivity index (χ2n) is 4.22. The van der Waals surface area contributed by atoms with Crippen LogP contribution in [0.1, 0.15) is 0 Å². The number of rotatable bonds is 2. The van der Waals surface area contributed by atoms with Crippen LogP contribution in [0.4, 0.5) is 9.39 Å². The first kappa shape index (κ1) is 13.3. The molecular formula is C15H10BrFN2S. The fourth-order valence-electron chi connectivity index (χ4n) is 1.91. The molecule has 20 heavy (non-hydrogen) atoms. The van der Waals surface area contributed by atoms with Gasteiger partial charge < -0.3 is 5.73 Å². The number of halogens is 2. The predicted molar refractivity (Wildman–Crippen MR) is 85.1 cm³/mol. The summed E-state index contributed by atoms with van der Waals surface area (Å²) in [6, 6.07) is 14.6. The average molecular weight is 349 g/mol. The molecule has 0 bridgehead atoms. The largest absolute Gasteiger partial charge is 0.389 e. The molecule has 0 aliphatic rings. The number of benzene rings is 2. The normalized spacial score (nSPS) is 10.7. The topological polar surface area (TPSA) is 38.9 Å². The average Bonchev–Trinajstić information content (AvgIpc) is 2.82. The Bertz CT molecular complexity index is 756. The van der Waals surface area contributed by atoms with E-state index in [9.17, 15) is 4.39 Å². The van der Waals surface area contributed by atoms with E-state index < -0.39 is 0 Å². The first-order valence-electron chi connectivity index (χ1n) is 5.92. The van der Waals surface area contributed by atoms with Crippen molar-refractivity contribution < 1.29 is 4.39 Å². The number of nitrogens with two attached hydrogens (primary N) is 1. The van der Waals surface area contributed by atoms with Crippen molar-refractivity contribution in [1.82, 2.24) is 4.98 Å². The fraction of sp³-hybridized carbons (Fsp3) is 0. The van der Waals surface area contributed by atoms with Crippen molar-refractivity contribution in [2.45, 2.75) is 0 Å². The van der Waals surface area contributed by atoms with Crippen molar-refractivity contribution in [3.8, 4) is 21.8 Å². The van der Waals surface area contributed by atoms with E-state index in [0.29, 0.717) is 20.7 Å². The lowest BCUT2D eigenvalue weighted by Gasteiger charge is -2.01. The molecule has 0 fully saturated rings. The van der Waals surface area contributed by atoms with Crippen molar-refractivity contribution in [2.24, 2.45) is 0 Å². The summed E-state index contributed by atoms with van der Waals surface area (Å²) >= 11 is 4.60. The number of anilines is 1. The Labute approximate surface area is 128 Å². The molecule has 1 aromatic heterocycles. The number of nitrogen functional groups attached to an aromatic ring is 1. The number of aromatic nitrogens is 1. The standard InChI is InChI=1S/C15H10BrFN2S/c16-10-6-7-11(12(17)8-10)13-14(18)20-15(19-13)9-4-2-1-3-5-9/h1-8H,18H2. The molecule has 0 aliphatic heterocycles. The number of thiazole rings is 1. The summed E-state index contributed by atoms with van der Waals surface area (Å²) in [6.07, 6.45) is 0. The van der Waals surface area contributed by atoms with Gasteiger partial charge in [0.15, 0.2) is 0 Å². The molecule has 2 aromatic carbocycles. The summed E-state index contributed by atoms with van der Waals surface area (Å²) in [5.74, 6) is -0.337. The van der Waals surface area contributed by atoms with Crippen LogP contribution in [-0.4, -0.2) is 4.98 Å². The maximum atomic E-state index is 14.0.